The third-order valence-corrected chi connectivity index (χ3v) is 14.4. The van der Waals surface area contributed by atoms with Crippen molar-refractivity contribution in [3.05, 3.63) is 115 Å². The van der Waals surface area contributed by atoms with Gasteiger partial charge in [-0.1, -0.05) is 7.43 Å². The Morgan fingerprint density at radius 1 is 0.257 bits per heavy atom. The standard InChI is InChI=1S/C62H76N14O24.CH4/c1-63-55(93)35-23-31(51(89)67-9-5-43(77)78)27-39(47(35)85)59(97)71-13-17-75(18-14-72-60(98)40-28-32(52(90)68-10-6-44(79)80)24-36(48(40)86)56(94)64-2)21-22-76(19-15-73-61(99)41-29-33(53(91)69-11-7-45(81)82)25-37(49(41)87)57(95)65-3)20-16-74-62(100)42-30-34(54(92)70-12-8-46(83)84)26-38(50(42)88)58(96)66-4;/h23-30,85-88H,5-22H2,1-4H3,(H,63,93)(H,64,94)(H,65,95)(H,66,96)(H,67,89)(H,68,90)(H,69,91)(H,70,92)(H,71,97)(H,72,98)(H,73,99)(H,74,100)(H,77,78)(H,79,80)(H,81,82)(H,83,84);1H4. The van der Waals surface area contributed by atoms with Gasteiger partial charge in [0.15, 0.2) is 0 Å². The molecular formula is C63H80N14O24. The van der Waals surface area contributed by atoms with E-state index in [0.29, 0.717) is 0 Å². The molecule has 0 aliphatic heterocycles. The maximum absolute atomic E-state index is 13.9. The Labute approximate surface area is 575 Å². The van der Waals surface area contributed by atoms with Crippen LogP contribution in [0.2, 0.25) is 0 Å². The molecule has 38 heteroatoms. The van der Waals surface area contributed by atoms with E-state index < -0.39 is 188 Å². The quantitative estimate of drug-likeness (QED) is 0.0212. The zero-order chi connectivity index (χ0) is 74.5. The fourth-order valence-corrected chi connectivity index (χ4v) is 9.17. The Morgan fingerprint density at radius 2 is 0.416 bits per heavy atom. The highest BCUT2D eigenvalue weighted by molar-refractivity contribution is 6.11. The first-order chi connectivity index (χ1) is 47.4. The van der Waals surface area contributed by atoms with Crippen molar-refractivity contribution >= 4 is 94.8 Å². The Morgan fingerprint density at radius 3 is 0.574 bits per heavy atom. The lowest BCUT2D eigenvalue weighted by atomic mass is 10.0. The van der Waals surface area contributed by atoms with Gasteiger partial charge in [0.25, 0.3) is 70.9 Å². The first-order valence-corrected chi connectivity index (χ1v) is 30.3. The molecule has 4 rings (SSSR count). The second-order valence-corrected chi connectivity index (χ2v) is 21.3. The van der Waals surface area contributed by atoms with Crippen LogP contribution >= 0.6 is 0 Å². The fourth-order valence-electron chi connectivity index (χ4n) is 9.17. The van der Waals surface area contributed by atoms with Gasteiger partial charge in [-0.3, -0.25) is 86.5 Å². The molecule has 0 aliphatic carbocycles. The number of carboxylic acids is 4. The number of phenols is 4. The van der Waals surface area contributed by atoms with E-state index in [-0.39, 0.29) is 121 Å². The van der Waals surface area contributed by atoms with Gasteiger partial charge in [0, 0.05) is 142 Å². The van der Waals surface area contributed by atoms with Crippen molar-refractivity contribution in [1.82, 2.24) is 73.6 Å². The number of carboxylic acid groups (broad SMARTS) is 4. The lowest BCUT2D eigenvalue weighted by Gasteiger charge is -2.28. The van der Waals surface area contributed by atoms with Gasteiger partial charge < -0.3 is 105 Å². The van der Waals surface area contributed by atoms with Gasteiger partial charge in [0.05, 0.1) is 70.2 Å². The average molecular weight is 1420 g/mol. The summed E-state index contributed by atoms with van der Waals surface area (Å²) in [6, 6.07) is 7.62. The van der Waals surface area contributed by atoms with Crippen molar-refractivity contribution in [1.29, 1.82) is 0 Å². The zero-order valence-electron chi connectivity index (χ0n) is 54.4. The number of amides is 12. The van der Waals surface area contributed by atoms with E-state index >= 15 is 0 Å². The summed E-state index contributed by atoms with van der Waals surface area (Å²) >= 11 is 0. The van der Waals surface area contributed by atoms with Gasteiger partial charge in [-0.2, -0.15) is 0 Å². The van der Waals surface area contributed by atoms with Gasteiger partial charge in [0.1, 0.15) is 23.0 Å². The molecule has 38 nitrogen and oxygen atoms in total. The molecule has 546 valence electrons. The first kappa shape index (κ1) is 82.7. The Bertz CT molecular complexity index is 3360. The van der Waals surface area contributed by atoms with E-state index in [2.05, 4.69) is 63.8 Å². The minimum Gasteiger partial charge on any atom is -0.506 e. The van der Waals surface area contributed by atoms with Crippen LogP contribution in [0.3, 0.4) is 0 Å². The van der Waals surface area contributed by atoms with Gasteiger partial charge in [-0.05, 0) is 48.5 Å². The SMILES string of the molecule is C.CNC(=O)c1cc(C(=O)NCCC(=O)O)cc(C(=O)NCCN(CCNC(=O)c2cc(C(=O)NCCC(=O)O)cc(C(=O)NC)c2O)CCN(CCNC(=O)c2cc(C(=O)NCCC(=O)O)cc(C(=O)NC)c2O)CCNC(=O)c2cc(C(=O)NCCC(=O)O)cc(C(=O)NC)c2O)c1O. The van der Waals surface area contributed by atoms with E-state index in [1.807, 2.05) is 0 Å². The third kappa shape index (κ3) is 24.8. The number of carbonyl (C=O) groups is 16. The van der Waals surface area contributed by atoms with Crippen LogP contribution in [0, 0.1) is 0 Å². The number of aromatic hydroxyl groups is 4. The molecule has 0 aliphatic rings. The van der Waals surface area contributed by atoms with Crippen LogP contribution in [0.5, 0.6) is 23.0 Å². The summed E-state index contributed by atoms with van der Waals surface area (Å²) in [6.45, 7) is -3.71. The smallest absolute Gasteiger partial charge is 0.305 e. The second kappa shape index (κ2) is 40.3. The molecule has 0 radical (unpaired) electrons. The maximum atomic E-state index is 13.9. The molecule has 0 atom stereocenters. The van der Waals surface area contributed by atoms with Crippen molar-refractivity contribution in [2.75, 3.05) is 120 Å². The molecule has 0 heterocycles. The molecule has 101 heavy (non-hydrogen) atoms. The summed E-state index contributed by atoms with van der Waals surface area (Å²) in [7, 11) is 4.80. The van der Waals surface area contributed by atoms with Crippen molar-refractivity contribution in [2.45, 2.75) is 33.1 Å². The number of benzene rings is 4. The maximum Gasteiger partial charge on any atom is 0.305 e. The number of nitrogens with one attached hydrogen (secondary N) is 12. The van der Waals surface area contributed by atoms with E-state index in [1.165, 1.54) is 28.2 Å². The zero-order valence-corrected chi connectivity index (χ0v) is 54.4. The molecule has 12 amide bonds. The van der Waals surface area contributed by atoms with E-state index in [0.717, 1.165) is 48.5 Å². The summed E-state index contributed by atoms with van der Waals surface area (Å²) in [5.74, 6) is -20.0. The summed E-state index contributed by atoms with van der Waals surface area (Å²) in [6.07, 6.45) is -1.97. The molecule has 4 aromatic carbocycles. The molecule has 0 bridgehead atoms. The van der Waals surface area contributed by atoms with Crippen LogP contribution in [0.4, 0.5) is 0 Å². The van der Waals surface area contributed by atoms with Gasteiger partial charge in [-0.15, -0.1) is 0 Å². The van der Waals surface area contributed by atoms with Crippen LogP contribution in [-0.4, -0.2) is 265 Å². The van der Waals surface area contributed by atoms with Gasteiger partial charge in [0.2, 0.25) is 0 Å². The molecule has 0 spiro atoms. The largest absolute Gasteiger partial charge is 0.506 e. The molecule has 0 saturated carbocycles. The van der Waals surface area contributed by atoms with Gasteiger partial charge >= 0.3 is 23.9 Å². The number of rotatable bonds is 39. The number of carbonyl (C=O) groups excluding carboxylic acids is 12. The molecule has 20 N–H and O–H groups in total. The average Bonchev–Trinajstić information content (AvgIpc) is 0.827. The number of hydrogen-bond donors (Lipinski definition) is 20. The molecule has 0 aromatic heterocycles. The molecule has 4 aromatic rings. The lowest BCUT2D eigenvalue weighted by Crippen LogP contribution is -2.46. The normalized spacial score (nSPS) is 10.6. The molecular weight excluding hydrogens is 1340 g/mol. The minimum absolute atomic E-state index is 0. The summed E-state index contributed by atoms with van der Waals surface area (Å²) in [5.41, 5.74) is -5.74. The van der Waals surface area contributed by atoms with Crippen LogP contribution in [0.15, 0.2) is 48.5 Å². The first-order valence-electron chi connectivity index (χ1n) is 30.3. The van der Waals surface area contributed by atoms with E-state index in [4.69, 9.17) is 20.4 Å². The van der Waals surface area contributed by atoms with Crippen LogP contribution in [0.25, 0.3) is 0 Å². The Hall–Kier alpha value is -12.5. The van der Waals surface area contributed by atoms with Crippen LogP contribution < -0.4 is 63.8 Å². The topological polar surface area (TPSA) is 586 Å². The number of phenolic OH excluding ortho intramolecular Hbond substituents is 4. The highest BCUT2D eigenvalue weighted by atomic mass is 16.4. The third-order valence-electron chi connectivity index (χ3n) is 14.4. The lowest BCUT2D eigenvalue weighted by molar-refractivity contribution is -0.137. The Kier molecular flexibility index (Phi) is 33.0. The molecule has 0 saturated heterocycles. The predicted octanol–water partition coefficient (Wildman–Crippen LogP) is -2.97. The van der Waals surface area contributed by atoms with Crippen LogP contribution in [-0.2, 0) is 19.2 Å². The molecule has 0 unspecified atom stereocenters. The number of nitrogens with zero attached hydrogens (tertiary/aromatic N) is 2. The highest BCUT2D eigenvalue weighted by Gasteiger charge is 2.28. The summed E-state index contributed by atoms with van der Waals surface area (Å²) < 4.78 is 0. The van der Waals surface area contributed by atoms with Crippen molar-refractivity contribution < 1.29 is 118 Å². The predicted molar refractivity (Wildman–Crippen MR) is 353 cm³/mol. The number of aliphatic carboxylic acids is 4. The van der Waals surface area contributed by atoms with E-state index in [1.54, 1.807) is 9.80 Å². The van der Waals surface area contributed by atoms with Crippen LogP contribution in [0.1, 0.15) is 157 Å². The van der Waals surface area contributed by atoms with Crippen molar-refractivity contribution in [3.63, 3.8) is 0 Å². The van der Waals surface area contributed by atoms with Gasteiger partial charge in [-0.25, -0.2) is 0 Å². The Balaban J connectivity index is 0.0000265. The fraction of sp³-hybridized carbons (Fsp3) is 0.365. The van der Waals surface area contributed by atoms with Crippen molar-refractivity contribution in [2.24, 2.45) is 0 Å². The highest BCUT2D eigenvalue weighted by Crippen LogP contribution is 2.29. The van der Waals surface area contributed by atoms with E-state index in [9.17, 15) is 97.1 Å². The van der Waals surface area contributed by atoms with Crippen molar-refractivity contribution in [3.8, 4) is 23.0 Å². The summed E-state index contributed by atoms with van der Waals surface area (Å²) in [5, 5.41) is 110. The monoisotopic (exact) mass is 1420 g/mol. The number of hydrogen-bond acceptors (Lipinski definition) is 22. The second-order valence-electron chi connectivity index (χ2n) is 21.3. The minimum atomic E-state index is -1.25. The summed E-state index contributed by atoms with van der Waals surface area (Å²) in [4.78, 5) is 208. The molecule has 0 fully saturated rings.